The zero-order valence-electron chi connectivity index (χ0n) is 20.3. The first-order chi connectivity index (χ1) is 17.9. The molecule has 3 aromatic carbocycles. The van der Waals surface area contributed by atoms with Crippen molar-refractivity contribution in [3.8, 4) is 11.5 Å². The van der Waals surface area contributed by atoms with Crippen LogP contribution in [0.1, 0.15) is 23.6 Å². The molecule has 1 heterocycles. The number of halogens is 1. The summed E-state index contributed by atoms with van der Waals surface area (Å²) in [7, 11) is 0. The van der Waals surface area contributed by atoms with Gasteiger partial charge in [0.2, 0.25) is 0 Å². The quantitative estimate of drug-likeness (QED) is 0.323. The van der Waals surface area contributed by atoms with Crippen molar-refractivity contribution in [2.24, 2.45) is 0 Å². The first-order valence-corrected chi connectivity index (χ1v) is 12.8. The number of thioether (sulfide) groups is 1. The van der Waals surface area contributed by atoms with Crippen molar-refractivity contribution < 1.29 is 23.9 Å². The van der Waals surface area contributed by atoms with Crippen LogP contribution in [-0.2, 0) is 16.1 Å². The van der Waals surface area contributed by atoms with E-state index in [9.17, 15) is 14.4 Å². The van der Waals surface area contributed by atoms with Gasteiger partial charge in [-0.2, -0.15) is 0 Å². The number of amides is 3. The summed E-state index contributed by atoms with van der Waals surface area (Å²) in [5, 5.41) is 2.62. The van der Waals surface area contributed by atoms with Crippen molar-refractivity contribution >= 4 is 52.2 Å². The predicted molar refractivity (Wildman–Crippen MR) is 146 cm³/mol. The maximum atomic E-state index is 13.0. The summed E-state index contributed by atoms with van der Waals surface area (Å²) in [6.45, 7) is 4.02. The van der Waals surface area contributed by atoms with E-state index >= 15 is 0 Å². The Balaban J connectivity index is 1.50. The molecule has 0 spiro atoms. The lowest BCUT2D eigenvalue weighted by atomic mass is 10.1. The van der Waals surface area contributed by atoms with E-state index in [0.29, 0.717) is 23.6 Å². The first-order valence-electron chi connectivity index (χ1n) is 11.6. The Hall–Kier alpha value is -3.75. The lowest BCUT2D eigenvalue weighted by Gasteiger charge is -2.15. The molecule has 3 amide bonds. The van der Waals surface area contributed by atoms with Crippen LogP contribution in [0.25, 0.3) is 6.08 Å². The van der Waals surface area contributed by atoms with Gasteiger partial charge in [0.25, 0.3) is 17.1 Å². The third-order valence-electron chi connectivity index (χ3n) is 5.50. The van der Waals surface area contributed by atoms with E-state index in [1.807, 2.05) is 56.3 Å². The molecule has 0 bridgehead atoms. The maximum absolute atomic E-state index is 13.0. The average molecular weight is 537 g/mol. The Labute approximate surface area is 224 Å². The minimum atomic E-state index is -0.370. The Bertz CT molecular complexity index is 1360. The molecule has 0 aromatic heterocycles. The highest BCUT2D eigenvalue weighted by atomic mass is 35.5. The molecule has 1 aliphatic rings. The number of anilines is 1. The number of para-hydroxylation sites is 1. The summed E-state index contributed by atoms with van der Waals surface area (Å²) in [5.74, 6) is -0.175. The second kappa shape index (κ2) is 12.0. The van der Waals surface area contributed by atoms with E-state index < -0.39 is 0 Å². The summed E-state index contributed by atoms with van der Waals surface area (Å²) in [6.07, 6.45) is 1.60. The van der Waals surface area contributed by atoms with E-state index in [4.69, 9.17) is 21.1 Å². The van der Waals surface area contributed by atoms with Crippen LogP contribution >= 0.6 is 23.4 Å². The highest BCUT2D eigenvalue weighted by Crippen LogP contribution is 2.39. The SMILES string of the molecule is CCOc1cc(/C=C2\SC(=O)N(Cc3ccccc3C)C2=O)cc(Cl)c1OCC(=O)Nc1ccccc1. The fourth-order valence-electron chi connectivity index (χ4n) is 3.68. The average Bonchev–Trinajstić information content (AvgIpc) is 3.13. The van der Waals surface area contributed by atoms with Gasteiger partial charge in [0.15, 0.2) is 18.1 Å². The maximum Gasteiger partial charge on any atom is 0.293 e. The molecule has 1 fully saturated rings. The Kier molecular flexibility index (Phi) is 8.53. The minimum Gasteiger partial charge on any atom is -0.490 e. The zero-order valence-corrected chi connectivity index (χ0v) is 21.9. The minimum absolute atomic E-state index is 0.206. The summed E-state index contributed by atoms with van der Waals surface area (Å²) >= 11 is 7.36. The molecular weight excluding hydrogens is 512 g/mol. The number of hydrogen-bond acceptors (Lipinski definition) is 6. The highest BCUT2D eigenvalue weighted by Gasteiger charge is 2.35. The van der Waals surface area contributed by atoms with Gasteiger partial charge in [-0.15, -0.1) is 0 Å². The van der Waals surface area contributed by atoms with E-state index in [2.05, 4.69) is 5.32 Å². The molecule has 0 radical (unpaired) electrons. The van der Waals surface area contributed by atoms with Crippen LogP contribution in [0.5, 0.6) is 11.5 Å². The monoisotopic (exact) mass is 536 g/mol. The molecule has 0 saturated carbocycles. The number of nitrogens with one attached hydrogen (secondary N) is 1. The molecule has 0 unspecified atom stereocenters. The highest BCUT2D eigenvalue weighted by molar-refractivity contribution is 8.18. The smallest absolute Gasteiger partial charge is 0.293 e. The lowest BCUT2D eigenvalue weighted by Crippen LogP contribution is -2.27. The largest absolute Gasteiger partial charge is 0.490 e. The predicted octanol–water partition coefficient (Wildman–Crippen LogP) is 6.30. The number of ether oxygens (including phenoxy) is 2. The van der Waals surface area contributed by atoms with E-state index in [0.717, 1.165) is 22.9 Å². The van der Waals surface area contributed by atoms with Crippen LogP contribution < -0.4 is 14.8 Å². The number of carbonyl (C=O) groups excluding carboxylic acids is 3. The zero-order chi connectivity index (χ0) is 26.4. The van der Waals surface area contributed by atoms with Crippen molar-refractivity contribution in [2.75, 3.05) is 18.5 Å². The summed E-state index contributed by atoms with van der Waals surface area (Å²) in [5.41, 5.74) is 3.13. The third-order valence-corrected chi connectivity index (χ3v) is 6.69. The fraction of sp³-hybridized carbons (Fsp3) is 0.179. The van der Waals surface area contributed by atoms with Crippen molar-refractivity contribution in [2.45, 2.75) is 20.4 Å². The molecule has 0 aliphatic carbocycles. The van der Waals surface area contributed by atoms with E-state index in [1.54, 1.807) is 30.3 Å². The van der Waals surface area contributed by atoms with Gasteiger partial charge in [0, 0.05) is 5.69 Å². The molecule has 0 atom stereocenters. The van der Waals surface area contributed by atoms with Gasteiger partial charge in [0.05, 0.1) is 23.1 Å². The molecule has 190 valence electrons. The number of hydrogen-bond donors (Lipinski definition) is 1. The number of benzene rings is 3. The molecule has 9 heteroatoms. The normalized spacial score (nSPS) is 14.2. The molecule has 3 aromatic rings. The lowest BCUT2D eigenvalue weighted by molar-refractivity contribution is -0.123. The molecular formula is C28H25ClN2O5S. The Morgan fingerprint density at radius 3 is 2.51 bits per heavy atom. The number of imide groups is 1. The number of aryl methyl sites for hydroxylation is 1. The van der Waals surface area contributed by atoms with Crippen molar-refractivity contribution in [3.05, 3.63) is 93.3 Å². The molecule has 7 nitrogen and oxygen atoms in total. The van der Waals surface area contributed by atoms with E-state index in [1.165, 1.54) is 4.90 Å². The van der Waals surface area contributed by atoms with Gasteiger partial charge < -0.3 is 14.8 Å². The van der Waals surface area contributed by atoms with Gasteiger partial charge >= 0.3 is 0 Å². The van der Waals surface area contributed by atoms with Crippen LogP contribution in [0.3, 0.4) is 0 Å². The first kappa shape index (κ1) is 26.3. The molecule has 37 heavy (non-hydrogen) atoms. The molecule has 1 aliphatic heterocycles. The summed E-state index contributed by atoms with van der Waals surface area (Å²) < 4.78 is 11.4. The molecule has 4 rings (SSSR count). The van der Waals surface area contributed by atoms with Crippen LogP contribution in [-0.4, -0.2) is 35.2 Å². The number of carbonyl (C=O) groups is 3. The third kappa shape index (κ3) is 6.53. The van der Waals surface area contributed by atoms with Crippen LogP contribution in [0.2, 0.25) is 5.02 Å². The second-order valence-corrected chi connectivity index (χ2v) is 9.56. The molecule has 1 saturated heterocycles. The van der Waals surface area contributed by atoms with Gasteiger partial charge in [-0.3, -0.25) is 19.3 Å². The van der Waals surface area contributed by atoms with Gasteiger partial charge in [-0.25, -0.2) is 0 Å². The number of nitrogens with zero attached hydrogens (tertiary/aromatic N) is 1. The topological polar surface area (TPSA) is 84.9 Å². The van der Waals surface area contributed by atoms with Crippen molar-refractivity contribution in [3.63, 3.8) is 0 Å². The fourth-order valence-corrected chi connectivity index (χ4v) is 4.79. The second-order valence-electron chi connectivity index (χ2n) is 8.16. The van der Waals surface area contributed by atoms with Crippen LogP contribution in [0.4, 0.5) is 10.5 Å². The molecule has 1 N–H and O–H groups in total. The summed E-state index contributed by atoms with van der Waals surface area (Å²) in [6, 6.07) is 19.9. The Morgan fingerprint density at radius 1 is 1.05 bits per heavy atom. The summed E-state index contributed by atoms with van der Waals surface area (Å²) in [4.78, 5) is 39.4. The number of rotatable bonds is 9. The van der Waals surface area contributed by atoms with Crippen molar-refractivity contribution in [1.82, 2.24) is 4.90 Å². The van der Waals surface area contributed by atoms with Gasteiger partial charge in [-0.1, -0.05) is 54.1 Å². The standard InChI is InChI=1S/C28H25ClN2O5S/c1-3-35-23-14-19(13-22(29)26(23)36-17-25(32)30-21-11-5-4-6-12-21)15-24-27(33)31(28(34)37-24)16-20-10-8-7-9-18(20)2/h4-15H,3,16-17H2,1-2H3,(H,30,32)/b24-15-. The van der Waals surface area contributed by atoms with Crippen LogP contribution in [0.15, 0.2) is 71.6 Å². The van der Waals surface area contributed by atoms with Crippen LogP contribution in [0, 0.1) is 6.92 Å². The van der Waals surface area contributed by atoms with Gasteiger partial charge in [-0.05, 0) is 72.6 Å². The Morgan fingerprint density at radius 2 is 1.78 bits per heavy atom. The van der Waals surface area contributed by atoms with Crippen molar-refractivity contribution in [1.29, 1.82) is 0 Å². The van der Waals surface area contributed by atoms with Gasteiger partial charge in [0.1, 0.15) is 0 Å². The van der Waals surface area contributed by atoms with E-state index in [-0.39, 0.29) is 45.9 Å².